The predicted molar refractivity (Wildman–Crippen MR) is 148 cm³/mol. The topological polar surface area (TPSA) is 76.7 Å². The van der Waals surface area contributed by atoms with Crippen LogP contribution >= 0.6 is 33.2 Å². The SMILES string of the molecule is CS(C)(C)C#Cc1cc(OCC(=O)NC2CCC(NC(=O)COc3ccc(Cl)cc3)CC2)ccc1Cl. The fourth-order valence-electron chi connectivity index (χ4n) is 3.65. The normalized spacial score (nSPS) is 17.8. The van der Waals surface area contributed by atoms with Crippen molar-refractivity contribution in [1.82, 2.24) is 10.6 Å². The predicted octanol–water partition coefficient (Wildman–Crippen LogP) is 5.00. The van der Waals surface area contributed by atoms with E-state index >= 15 is 0 Å². The van der Waals surface area contributed by atoms with Crippen molar-refractivity contribution in [3.8, 4) is 22.7 Å². The second kappa shape index (κ2) is 13.1. The van der Waals surface area contributed by atoms with E-state index in [1.54, 1.807) is 42.5 Å². The van der Waals surface area contributed by atoms with Crippen LogP contribution < -0.4 is 20.1 Å². The van der Waals surface area contributed by atoms with E-state index in [-0.39, 0.29) is 37.1 Å². The Hall–Kier alpha value is -2.53. The number of amides is 2. The zero-order valence-electron chi connectivity index (χ0n) is 20.7. The molecule has 2 aromatic rings. The fourth-order valence-corrected chi connectivity index (χ4v) is 4.35. The Labute approximate surface area is 224 Å². The standard InChI is InChI=1S/C27H32Cl2N2O4S/c1-36(2,3)15-14-19-16-24(12-13-25(19)29)35-18-27(33)31-22-8-6-21(7-9-22)30-26(32)17-34-23-10-4-20(28)5-11-23/h4-5,10-13,16,21-22H,6-9,17-18H2,1-3H3,(H,30,32)(H,31,33). The van der Waals surface area contributed by atoms with Crippen LogP contribution in [-0.4, -0.2) is 55.9 Å². The number of ether oxygens (including phenoxy) is 2. The first kappa shape index (κ1) is 28.0. The Kier molecular flexibility index (Phi) is 10.2. The summed E-state index contributed by atoms with van der Waals surface area (Å²) in [6, 6.07) is 12.2. The van der Waals surface area contributed by atoms with Crippen molar-refractivity contribution in [1.29, 1.82) is 0 Å². The van der Waals surface area contributed by atoms with Crippen LogP contribution in [-0.2, 0) is 9.59 Å². The molecule has 1 saturated carbocycles. The number of hydrogen-bond acceptors (Lipinski definition) is 4. The molecular weight excluding hydrogens is 519 g/mol. The molecule has 0 spiro atoms. The Morgan fingerprint density at radius 3 is 1.89 bits per heavy atom. The first-order valence-electron chi connectivity index (χ1n) is 11.7. The van der Waals surface area contributed by atoms with E-state index in [2.05, 4.69) is 40.6 Å². The number of nitrogens with one attached hydrogen (secondary N) is 2. The smallest absolute Gasteiger partial charge is 0.258 e. The molecule has 0 bridgehead atoms. The summed E-state index contributed by atoms with van der Waals surface area (Å²) < 4.78 is 11.2. The number of carbonyl (C=O) groups excluding carboxylic acids is 2. The summed E-state index contributed by atoms with van der Waals surface area (Å²) in [5.74, 6) is 3.91. The summed E-state index contributed by atoms with van der Waals surface area (Å²) in [6.07, 6.45) is 9.46. The molecule has 6 nitrogen and oxygen atoms in total. The van der Waals surface area contributed by atoms with Gasteiger partial charge in [0.25, 0.3) is 11.8 Å². The van der Waals surface area contributed by atoms with Gasteiger partial charge in [-0.3, -0.25) is 9.59 Å². The third-order valence-corrected chi connectivity index (χ3v) is 6.74. The van der Waals surface area contributed by atoms with Gasteiger partial charge in [-0.2, -0.15) is 10.0 Å². The summed E-state index contributed by atoms with van der Waals surface area (Å²) in [4.78, 5) is 24.6. The average molecular weight is 552 g/mol. The molecule has 2 aromatic carbocycles. The molecule has 0 radical (unpaired) electrons. The van der Waals surface area contributed by atoms with Gasteiger partial charge in [-0.05, 0) is 92.2 Å². The van der Waals surface area contributed by atoms with Gasteiger partial charge in [0.15, 0.2) is 13.2 Å². The lowest BCUT2D eigenvalue weighted by molar-refractivity contribution is -0.125. The molecule has 9 heteroatoms. The first-order chi connectivity index (χ1) is 17.1. The number of rotatable bonds is 8. The van der Waals surface area contributed by atoms with Crippen LogP contribution in [0.3, 0.4) is 0 Å². The van der Waals surface area contributed by atoms with Crippen LogP contribution in [0.25, 0.3) is 0 Å². The highest BCUT2D eigenvalue weighted by molar-refractivity contribution is 8.35. The van der Waals surface area contributed by atoms with Crippen molar-refractivity contribution in [2.45, 2.75) is 37.8 Å². The van der Waals surface area contributed by atoms with Crippen molar-refractivity contribution in [2.24, 2.45) is 0 Å². The Balaban J connectivity index is 1.37. The monoisotopic (exact) mass is 550 g/mol. The lowest BCUT2D eigenvalue weighted by Crippen LogP contribution is -2.45. The van der Waals surface area contributed by atoms with E-state index in [0.717, 1.165) is 25.7 Å². The first-order valence-corrected chi connectivity index (χ1v) is 15.3. The minimum Gasteiger partial charge on any atom is -0.484 e. The molecular formula is C27H32Cl2N2O4S. The van der Waals surface area contributed by atoms with Crippen molar-refractivity contribution < 1.29 is 19.1 Å². The van der Waals surface area contributed by atoms with Gasteiger partial charge >= 0.3 is 0 Å². The number of hydrogen-bond donors (Lipinski definition) is 2. The summed E-state index contributed by atoms with van der Waals surface area (Å²) >= 11 is 12.1. The van der Waals surface area contributed by atoms with Crippen LogP contribution in [0.15, 0.2) is 42.5 Å². The summed E-state index contributed by atoms with van der Waals surface area (Å²) in [6.45, 7) is -0.136. The summed E-state index contributed by atoms with van der Waals surface area (Å²) in [7, 11) is -0.979. The van der Waals surface area contributed by atoms with E-state index in [0.29, 0.717) is 27.1 Å². The molecule has 1 aliphatic rings. The molecule has 194 valence electrons. The van der Waals surface area contributed by atoms with Gasteiger partial charge in [-0.25, -0.2) is 0 Å². The highest BCUT2D eigenvalue weighted by Crippen LogP contribution is 2.33. The largest absolute Gasteiger partial charge is 0.484 e. The lowest BCUT2D eigenvalue weighted by Gasteiger charge is -2.29. The van der Waals surface area contributed by atoms with Gasteiger partial charge < -0.3 is 20.1 Å². The van der Waals surface area contributed by atoms with Gasteiger partial charge in [-0.1, -0.05) is 29.1 Å². The van der Waals surface area contributed by atoms with E-state index in [1.807, 2.05) is 0 Å². The Bertz CT molecular complexity index is 1120. The molecule has 2 N–H and O–H groups in total. The van der Waals surface area contributed by atoms with Crippen LogP contribution in [0, 0.1) is 11.2 Å². The van der Waals surface area contributed by atoms with Gasteiger partial charge in [0.1, 0.15) is 11.5 Å². The molecule has 0 atom stereocenters. The van der Waals surface area contributed by atoms with E-state index in [4.69, 9.17) is 32.7 Å². The molecule has 1 fully saturated rings. The van der Waals surface area contributed by atoms with Crippen LogP contribution in [0.4, 0.5) is 0 Å². The molecule has 0 saturated heterocycles. The maximum Gasteiger partial charge on any atom is 0.258 e. The van der Waals surface area contributed by atoms with Crippen molar-refractivity contribution in [3.05, 3.63) is 58.1 Å². The highest BCUT2D eigenvalue weighted by atomic mass is 35.5. The van der Waals surface area contributed by atoms with Crippen molar-refractivity contribution in [3.63, 3.8) is 0 Å². The molecule has 0 unspecified atom stereocenters. The quantitative estimate of drug-likeness (QED) is 0.453. The molecule has 2 amide bonds. The molecule has 0 heterocycles. The second-order valence-electron chi connectivity index (χ2n) is 9.42. The molecule has 1 aliphatic carbocycles. The van der Waals surface area contributed by atoms with Gasteiger partial charge in [0, 0.05) is 22.7 Å². The third-order valence-electron chi connectivity index (χ3n) is 5.44. The van der Waals surface area contributed by atoms with Gasteiger partial charge in [-0.15, -0.1) is 0 Å². The number of halogens is 2. The van der Waals surface area contributed by atoms with Crippen molar-refractivity contribution >= 4 is 45.0 Å². The van der Waals surface area contributed by atoms with Crippen LogP contribution in [0.1, 0.15) is 31.2 Å². The van der Waals surface area contributed by atoms with Gasteiger partial charge in [0.05, 0.1) is 5.02 Å². The lowest BCUT2D eigenvalue weighted by atomic mass is 9.91. The third kappa shape index (κ3) is 9.85. The highest BCUT2D eigenvalue weighted by Gasteiger charge is 2.23. The van der Waals surface area contributed by atoms with Crippen LogP contribution in [0.5, 0.6) is 11.5 Å². The maximum atomic E-state index is 12.4. The Morgan fingerprint density at radius 2 is 1.36 bits per heavy atom. The van der Waals surface area contributed by atoms with Gasteiger partial charge in [0.2, 0.25) is 0 Å². The number of carbonyl (C=O) groups is 2. The summed E-state index contributed by atoms with van der Waals surface area (Å²) in [5, 5.41) is 10.4. The van der Waals surface area contributed by atoms with E-state index < -0.39 is 10.0 Å². The zero-order chi connectivity index (χ0) is 26.1. The van der Waals surface area contributed by atoms with Crippen molar-refractivity contribution in [2.75, 3.05) is 32.0 Å². The number of benzene rings is 2. The fraction of sp³-hybridized carbons (Fsp3) is 0.407. The molecule has 0 aliphatic heterocycles. The van der Waals surface area contributed by atoms with Crippen LogP contribution in [0.2, 0.25) is 10.0 Å². The average Bonchev–Trinajstić information content (AvgIpc) is 2.83. The molecule has 3 rings (SSSR count). The maximum absolute atomic E-state index is 12.4. The minimum atomic E-state index is -0.979. The van der Waals surface area contributed by atoms with E-state index in [1.165, 1.54) is 0 Å². The molecule has 36 heavy (non-hydrogen) atoms. The Morgan fingerprint density at radius 1 is 0.861 bits per heavy atom. The van der Waals surface area contributed by atoms with E-state index in [9.17, 15) is 9.59 Å². The molecule has 0 aromatic heterocycles. The summed E-state index contributed by atoms with van der Waals surface area (Å²) in [5.41, 5.74) is 0.691. The second-order valence-corrected chi connectivity index (χ2v) is 14.1. The minimum absolute atomic E-state index is 0.0506. The zero-order valence-corrected chi connectivity index (χ0v) is 23.1.